The van der Waals surface area contributed by atoms with E-state index in [-0.39, 0.29) is 11.7 Å². The van der Waals surface area contributed by atoms with E-state index in [9.17, 15) is 4.39 Å². The van der Waals surface area contributed by atoms with E-state index < -0.39 is 0 Å². The molecule has 0 N–H and O–H groups in total. The molecule has 2 rings (SSSR count). The Labute approximate surface area is 89.6 Å². The van der Waals surface area contributed by atoms with Gasteiger partial charge in [0.05, 0.1) is 7.11 Å². The first-order valence-electron chi connectivity index (χ1n) is 5.32. The van der Waals surface area contributed by atoms with Crippen LogP contribution in [-0.4, -0.2) is 7.11 Å². The van der Waals surface area contributed by atoms with Crippen molar-refractivity contribution in [2.75, 3.05) is 7.11 Å². The predicted octanol–water partition coefficient (Wildman–Crippen LogP) is 3.66. The molecule has 0 heterocycles. The summed E-state index contributed by atoms with van der Waals surface area (Å²) in [6.07, 6.45) is 7.45. The second-order valence-corrected chi connectivity index (χ2v) is 3.82. The molecule has 2 heteroatoms. The summed E-state index contributed by atoms with van der Waals surface area (Å²) in [4.78, 5) is 0. The summed E-state index contributed by atoms with van der Waals surface area (Å²) in [6, 6.07) is 5.01. The molecule has 1 unspecified atom stereocenters. The summed E-state index contributed by atoms with van der Waals surface area (Å²) in [7, 11) is 1.59. The highest BCUT2D eigenvalue weighted by Crippen LogP contribution is 2.35. The van der Waals surface area contributed by atoms with Crippen LogP contribution >= 0.6 is 0 Å². The van der Waals surface area contributed by atoms with Gasteiger partial charge in [-0.15, -0.1) is 0 Å². The quantitative estimate of drug-likeness (QED) is 0.671. The van der Waals surface area contributed by atoms with Crippen molar-refractivity contribution in [1.82, 2.24) is 0 Å². The van der Waals surface area contributed by atoms with E-state index in [0.29, 0.717) is 11.3 Å². The van der Waals surface area contributed by atoms with Crippen molar-refractivity contribution in [2.24, 2.45) is 0 Å². The van der Waals surface area contributed by atoms with E-state index in [1.165, 1.54) is 6.07 Å². The Hall–Kier alpha value is -1.31. The maximum atomic E-state index is 13.7. The molecule has 1 aliphatic rings. The fraction of sp³-hybridized carbons (Fsp3) is 0.385. The lowest BCUT2D eigenvalue weighted by molar-refractivity contribution is 0.400. The van der Waals surface area contributed by atoms with E-state index in [2.05, 4.69) is 12.2 Å². The van der Waals surface area contributed by atoms with Crippen LogP contribution in [0.1, 0.15) is 30.7 Å². The van der Waals surface area contributed by atoms with Gasteiger partial charge >= 0.3 is 0 Å². The summed E-state index contributed by atoms with van der Waals surface area (Å²) in [5, 5.41) is 0. The topological polar surface area (TPSA) is 9.23 Å². The van der Waals surface area contributed by atoms with E-state index in [4.69, 9.17) is 4.74 Å². The molecule has 0 fully saturated rings. The number of rotatable bonds is 2. The van der Waals surface area contributed by atoms with Gasteiger partial charge in [-0.3, -0.25) is 0 Å². The molecule has 0 amide bonds. The molecule has 0 saturated carbocycles. The van der Waals surface area contributed by atoms with Gasteiger partial charge in [0.25, 0.3) is 0 Å². The standard InChI is InChI=1S/C13H15FO/c1-15-12-9-5-8-11(14)13(12)10-6-3-2-4-7-10/h3,5-6,8-10H,2,4,7H2,1H3. The molecule has 0 radical (unpaired) electrons. The third-order valence-corrected chi connectivity index (χ3v) is 2.86. The zero-order valence-corrected chi connectivity index (χ0v) is 8.87. The monoisotopic (exact) mass is 206 g/mol. The Balaban J connectivity index is 2.40. The lowest BCUT2D eigenvalue weighted by Crippen LogP contribution is -2.04. The van der Waals surface area contributed by atoms with Crippen LogP contribution in [0, 0.1) is 5.82 Å². The van der Waals surface area contributed by atoms with Gasteiger partial charge in [-0.05, 0) is 31.4 Å². The minimum atomic E-state index is -0.161. The molecule has 1 nitrogen and oxygen atoms in total. The average Bonchev–Trinajstić information content (AvgIpc) is 2.29. The van der Waals surface area contributed by atoms with Gasteiger partial charge in [0, 0.05) is 11.5 Å². The maximum Gasteiger partial charge on any atom is 0.130 e. The fourth-order valence-electron chi connectivity index (χ4n) is 2.11. The first-order chi connectivity index (χ1) is 7.33. The number of benzene rings is 1. The van der Waals surface area contributed by atoms with E-state index in [1.54, 1.807) is 13.2 Å². The van der Waals surface area contributed by atoms with Crippen LogP contribution in [0.15, 0.2) is 30.4 Å². The fourth-order valence-corrected chi connectivity index (χ4v) is 2.11. The van der Waals surface area contributed by atoms with Gasteiger partial charge in [0.2, 0.25) is 0 Å². The van der Waals surface area contributed by atoms with Crippen molar-refractivity contribution in [3.8, 4) is 5.75 Å². The molecular formula is C13H15FO. The van der Waals surface area contributed by atoms with Crippen LogP contribution < -0.4 is 4.74 Å². The average molecular weight is 206 g/mol. The molecule has 0 bridgehead atoms. The number of methoxy groups -OCH3 is 1. The molecular weight excluding hydrogens is 191 g/mol. The minimum Gasteiger partial charge on any atom is -0.496 e. The zero-order valence-electron chi connectivity index (χ0n) is 8.87. The lowest BCUT2D eigenvalue weighted by Gasteiger charge is -2.19. The largest absolute Gasteiger partial charge is 0.496 e. The highest BCUT2D eigenvalue weighted by Gasteiger charge is 2.19. The number of halogens is 1. The molecule has 0 aromatic heterocycles. The van der Waals surface area contributed by atoms with Gasteiger partial charge in [-0.25, -0.2) is 4.39 Å². The zero-order chi connectivity index (χ0) is 10.7. The van der Waals surface area contributed by atoms with Gasteiger partial charge in [-0.2, -0.15) is 0 Å². The Bertz CT molecular complexity index is 371. The van der Waals surface area contributed by atoms with Crippen LogP contribution in [0.2, 0.25) is 0 Å². The van der Waals surface area contributed by atoms with Crippen molar-refractivity contribution in [3.05, 3.63) is 41.7 Å². The van der Waals surface area contributed by atoms with Crippen LogP contribution in [0.25, 0.3) is 0 Å². The summed E-state index contributed by atoms with van der Waals surface area (Å²) < 4.78 is 18.9. The van der Waals surface area contributed by atoms with Gasteiger partial charge in [0.15, 0.2) is 0 Å². The van der Waals surface area contributed by atoms with Crippen molar-refractivity contribution in [2.45, 2.75) is 25.2 Å². The molecule has 0 saturated heterocycles. The molecule has 1 aliphatic carbocycles. The van der Waals surface area contributed by atoms with Crippen LogP contribution in [0.5, 0.6) is 5.75 Å². The Morgan fingerprint density at radius 3 is 2.93 bits per heavy atom. The van der Waals surface area contributed by atoms with Crippen molar-refractivity contribution < 1.29 is 9.13 Å². The summed E-state index contributed by atoms with van der Waals surface area (Å²) >= 11 is 0. The van der Waals surface area contributed by atoms with Crippen molar-refractivity contribution in [1.29, 1.82) is 0 Å². The van der Waals surface area contributed by atoms with E-state index >= 15 is 0 Å². The van der Waals surface area contributed by atoms with Crippen LogP contribution in [0.4, 0.5) is 4.39 Å². The highest BCUT2D eigenvalue weighted by atomic mass is 19.1. The second kappa shape index (κ2) is 4.47. The third kappa shape index (κ3) is 2.04. The molecule has 0 aliphatic heterocycles. The van der Waals surface area contributed by atoms with Crippen molar-refractivity contribution in [3.63, 3.8) is 0 Å². The van der Waals surface area contributed by atoms with Crippen LogP contribution in [-0.2, 0) is 0 Å². The molecule has 15 heavy (non-hydrogen) atoms. The Kier molecular flexibility index (Phi) is 3.05. The molecule has 1 aromatic carbocycles. The number of hydrogen-bond donors (Lipinski definition) is 0. The number of allylic oxidation sites excluding steroid dienone is 2. The highest BCUT2D eigenvalue weighted by molar-refractivity contribution is 5.40. The summed E-state index contributed by atoms with van der Waals surface area (Å²) in [6.45, 7) is 0. The van der Waals surface area contributed by atoms with Crippen molar-refractivity contribution >= 4 is 0 Å². The Morgan fingerprint density at radius 2 is 2.27 bits per heavy atom. The normalized spacial score (nSPS) is 20.3. The van der Waals surface area contributed by atoms with Crippen LogP contribution in [0.3, 0.4) is 0 Å². The maximum absolute atomic E-state index is 13.7. The number of ether oxygens (including phenoxy) is 1. The van der Waals surface area contributed by atoms with E-state index in [1.807, 2.05) is 6.07 Å². The van der Waals surface area contributed by atoms with Gasteiger partial charge in [-0.1, -0.05) is 18.2 Å². The first kappa shape index (κ1) is 10.2. The molecule has 0 spiro atoms. The molecule has 80 valence electrons. The molecule has 1 atom stereocenters. The first-order valence-corrected chi connectivity index (χ1v) is 5.32. The molecule has 1 aromatic rings. The minimum absolute atomic E-state index is 0.161. The van der Waals surface area contributed by atoms with Gasteiger partial charge in [0.1, 0.15) is 11.6 Å². The smallest absolute Gasteiger partial charge is 0.130 e. The summed E-state index contributed by atoms with van der Waals surface area (Å²) in [5.41, 5.74) is 0.705. The SMILES string of the molecule is COc1cccc(F)c1C1C=CCCC1. The second-order valence-electron chi connectivity index (χ2n) is 3.82. The summed E-state index contributed by atoms with van der Waals surface area (Å²) in [5.74, 6) is 0.673. The van der Waals surface area contributed by atoms with E-state index in [0.717, 1.165) is 19.3 Å². The number of hydrogen-bond acceptors (Lipinski definition) is 1. The third-order valence-electron chi connectivity index (χ3n) is 2.86. The lowest BCUT2D eigenvalue weighted by atomic mass is 9.88. The Morgan fingerprint density at radius 1 is 1.40 bits per heavy atom. The predicted molar refractivity (Wildman–Crippen MR) is 58.7 cm³/mol. The van der Waals surface area contributed by atoms with Gasteiger partial charge < -0.3 is 4.74 Å².